The van der Waals surface area contributed by atoms with Gasteiger partial charge in [-0.25, -0.2) is 0 Å². The first-order chi connectivity index (χ1) is 12.5. The zero-order valence-corrected chi connectivity index (χ0v) is 17.4. The first-order valence-corrected chi connectivity index (χ1v) is 10.8. The topological polar surface area (TPSA) is 37.1 Å². The minimum atomic E-state index is 0.282. The fourth-order valence-corrected chi connectivity index (χ4v) is 4.11. The Morgan fingerprint density at radius 1 is 1.00 bits per heavy atom. The molecule has 4 unspecified atom stereocenters. The molecule has 0 radical (unpaired) electrons. The van der Waals surface area contributed by atoms with Gasteiger partial charge in [-0.3, -0.25) is 0 Å². The smallest absolute Gasteiger partial charge is 0.0934 e. The number of epoxide rings is 2. The van der Waals surface area contributed by atoms with Gasteiger partial charge >= 0.3 is 0 Å². The molecule has 0 aromatic rings. The molecule has 1 N–H and O–H groups in total. The Morgan fingerprint density at radius 3 is 2.04 bits per heavy atom. The molecule has 0 saturated carbocycles. The van der Waals surface area contributed by atoms with Crippen molar-refractivity contribution in [1.82, 2.24) is 5.32 Å². The van der Waals surface area contributed by atoms with Gasteiger partial charge in [-0.2, -0.15) is 0 Å². The fraction of sp³-hybridized carbons (Fsp3) is 0.826. The Labute approximate surface area is 160 Å². The van der Waals surface area contributed by atoms with E-state index in [0.717, 1.165) is 25.7 Å². The maximum absolute atomic E-state index is 5.28. The molecule has 26 heavy (non-hydrogen) atoms. The average molecular weight is 362 g/mol. The summed E-state index contributed by atoms with van der Waals surface area (Å²) in [6.45, 7) is 12.4. The first kappa shape index (κ1) is 20.1. The lowest BCUT2D eigenvalue weighted by Gasteiger charge is -2.37. The summed E-state index contributed by atoms with van der Waals surface area (Å²) >= 11 is 0. The number of hydrogen-bond acceptors (Lipinski definition) is 3. The van der Waals surface area contributed by atoms with Crippen LogP contribution in [-0.2, 0) is 9.47 Å². The zero-order valence-electron chi connectivity index (χ0n) is 17.4. The lowest BCUT2D eigenvalue weighted by molar-refractivity contribution is 0.363. The standard InChI is InChI=1S/C19H31NO.C4H8O/c1-14-4-6-15(7-5-14)19(2,3)16-8-10-17(11-9-16)20-12-18-13-21-18;1-2-4-3-5-4/h6,8,14,17-18,20H,4-5,7,9-13H2,1-3H3;4H,2-3H2,1H3. The van der Waals surface area contributed by atoms with E-state index in [1.807, 2.05) is 0 Å². The molecule has 0 aromatic heterocycles. The van der Waals surface area contributed by atoms with Crippen molar-refractivity contribution < 1.29 is 9.47 Å². The van der Waals surface area contributed by atoms with Gasteiger partial charge in [-0.1, -0.05) is 51.0 Å². The van der Waals surface area contributed by atoms with Crippen LogP contribution in [0.3, 0.4) is 0 Å². The Kier molecular flexibility index (Phi) is 6.98. The summed E-state index contributed by atoms with van der Waals surface area (Å²) in [5.41, 5.74) is 3.64. The SMILES string of the molecule is CC1CC=C(C(C)(C)C2=CCC(NCC3CO3)CC2)CC1.CCC1CO1. The minimum absolute atomic E-state index is 0.282. The molecule has 3 nitrogen and oxygen atoms in total. The Balaban J connectivity index is 0.000000339. The fourth-order valence-electron chi connectivity index (χ4n) is 4.11. The molecule has 4 atom stereocenters. The highest BCUT2D eigenvalue weighted by Gasteiger charge is 2.31. The molecular weight excluding hydrogens is 322 g/mol. The summed E-state index contributed by atoms with van der Waals surface area (Å²) in [7, 11) is 0. The van der Waals surface area contributed by atoms with Crippen molar-refractivity contribution in [2.45, 2.75) is 90.9 Å². The molecular formula is C23H39NO2. The van der Waals surface area contributed by atoms with Gasteiger partial charge in [0.15, 0.2) is 0 Å². The van der Waals surface area contributed by atoms with Crippen LogP contribution >= 0.6 is 0 Å². The van der Waals surface area contributed by atoms with Crippen molar-refractivity contribution in [1.29, 1.82) is 0 Å². The normalized spacial score (nSPS) is 33.5. The van der Waals surface area contributed by atoms with E-state index in [0.29, 0.717) is 18.2 Å². The van der Waals surface area contributed by atoms with Crippen molar-refractivity contribution in [2.75, 3.05) is 19.8 Å². The van der Waals surface area contributed by atoms with Crippen LogP contribution in [0.2, 0.25) is 0 Å². The molecule has 4 rings (SSSR count). The lowest BCUT2D eigenvalue weighted by atomic mass is 9.69. The Bertz CT molecular complexity index is 514. The third kappa shape index (κ3) is 5.94. The average Bonchev–Trinajstić information content (AvgIpc) is 3.56. The number of hydrogen-bond donors (Lipinski definition) is 1. The summed E-state index contributed by atoms with van der Waals surface area (Å²) in [4.78, 5) is 0. The van der Waals surface area contributed by atoms with Crippen molar-refractivity contribution >= 4 is 0 Å². The second kappa shape index (κ2) is 9.03. The van der Waals surface area contributed by atoms with Gasteiger partial charge in [0.05, 0.1) is 25.4 Å². The third-order valence-corrected chi connectivity index (χ3v) is 6.58. The van der Waals surface area contributed by atoms with Gasteiger partial charge in [0.25, 0.3) is 0 Å². The molecule has 0 spiro atoms. The summed E-state index contributed by atoms with van der Waals surface area (Å²) in [5, 5.41) is 3.66. The molecule has 3 heteroatoms. The van der Waals surface area contributed by atoms with Crippen LogP contribution in [0.5, 0.6) is 0 Å². The highest BCUT2D eigenvalue weighted by molar-refractivity contribution is 5.30. The maximum Gasteiger partial charge on any atom is 0.0934 e. The minimum Gasteiger partial charge on any atom is -0.373 e. The van der Waals surface area contributed by atoms with Crippen LogP contribution < -0.4 is 5.32 Å². The van der Waals surface area contributed by atoms with Gasteiger partial charge in [0.1, 0.15) is 0 Å². The van der Waals surface area contributed by atoms with E-state index in [9.17, 15) is 0 Å². The van der Waals surface area contributed by atoms with Crippen molar-refractivity contribution in [3.05, 3.63) is 23.3 Å². The molecule has 2 fully saturated rings. The van der Waals surface area contributed by atoms with Crippen LogP contribution in [0.1, 0.15) is 72.6 Å². The van der Waals surface area contributed by atoms with Crippen molar-refractivity contribution in [3.8, 4) is 0 Å². The first-order valence-electron chi connectivity index (χ1n) is 10.8. The van der Waals surface area contributed by atoms with Gasteiger partial charge in [-0.15, -0.1) is 0 Å². The molecule has 0 aromatic carbocycles. The Hall–Kier alpha value is -0.640. The molecule has 2 heterocycles. The third-order valence-electron chi connectivity index (χ3n) is 6.58. The lowest BCUT2D eigenvalue weighted by Crippen LogP contribution is -2.35. The van der Waals surface area contributed by atoms with Crippen molar-refractivity contribution in [2.24, 2.45) is 11.3 Å². The van der Waals surface area contributed by atoms with E-state index in [4.69, 9.17) is 9.47 Å². The predicted molar refractivity (Wildman–Crippen MR) is 108 cm³/mol. The molecule has 2 aliphatic carbocycles. The van der Waals surface area contributed by atoms with E-state index in [1.165, 1.54) is 44.9 Å². The molecule has 4 aliphatic rings. The molecule has 2 saturated heterocycles. The monoisotopic (exact) mass is 361 g/mol. The summed E-state index contributed by atoms with van der Waals surface area (Å²) in [6, 6.07) is 0.661. The number of nitrogens with one attached hydrogen (secondary N) is 1. The molecule has 0 bridgehead atoms. The molecule has 148 valence electrons. The highest BCUT2D eigenvalue weighted by Crippen LogP contribution is 2.44. The van der Waals surface area contributed by atoms with Gasteiger partial charge in [-0.05, 0) is 50.9 Å². The zero-order chi connectivity index (χ0) is 18.6. The van der Waals surface area contributed by atoms with E-state index >= 15 is 0 Å². The van der Waals surface area contributed by atoms with Crippen LogP contribution in [0.4, 0.5) is 0 Å². The molecule has 2 aliphatic heterocycles. The van der Waals surface area contributed by atoms with Crippen molar-refractivity contribution in [3.63, 3.8) is 0 Å². The van der Waals surface area contributed by atoms with E-state index in [2.05, 4.69) is 45.2 Å². The van der Waals surface area contributed by atoms with E-state index in [1.54, 1.807) is 11.1 Å². The van der Waals surface area contributed by atoms with Crippen LogP contribution in [-0.4, -0.2) is 38.0 Å². The second-order valence-electron chi connectivity index (χ2n) is 9.16. The number of ether oxygens (including phenoxy) is 2. The second-order valence-corrected chi connectivity index (χ2v) is 9.16. The quantitative estimate of drug-likeness (QED) is 0.533. The van der Waals surface area contributed by atoms with Crippen LogP contribution in [0, 0.1) is 11.3 Å². The summed E-state index contributed by atoms with van der Waals surface area (Å²) < 4.78 is 10.1. The Morgan fingerprint density at radius 2 is 1.62 bits per heavy atom. The van der Waals surface area contributed by atoms with Gasteiger partial charge < -0.3 is 14.8 Å². The summed E-state index contributed by atoms with van der Waals surface area (Å²) in [5.74, 6) is 0.878. The largest absolute Gasteiger partial charge is 0.373 e. The van der Waals surface area contributed by atoms with E-state index < -0.39 is 0 Å². The number of allylic oxidation sites excluding steroid dienone is 3. The van der Waals surface area contributed by atoms with Crippen LogP contribution in [0.25, 0.3) is 0 Å². The predicted octanol–water partition coefficient (Wildman–Crippen LogP) is 5.02. The van der Waals surface area contributed by atoms with Gasteiger partial charge in [0, 0.05) is 18.0 Å². The van der Waals surface area contributed by atoms with Crippen LogP contribution in [0.15, 0.2) is 23.3 Å². The maximum atomic E-state index is 5.28. The number of rotatable bonds is 6. The summed E-state index contributed by atoms with van der Waals surface area (Å²) in [6.07, 6.45) is 15.1. The van der Waals surface area contributed by atoms with Gasteiger partial charge in [0.2, 0.25) is 0 Å². The molecule has 0 amide bonds. The highest BCUT2D eigenvalue weighted by atomic mass is 16.6. The van der Waals surface area contributed by atoms with E-state index in [-0.39, 0.29) is 5.41 Å².